The summed E-state index contributed by atoms with van der Waals surface area (Å²) in [5.74, 6) is -0.767. The topological polar surface area (TPSA) is 69.0 Å². The van der Waals surface area contributed by atoms with E-state index in [0.29, 0.717) is 15.9 Å². The number of alkyl halides is 4. The van der Waals surface area contributed by atoms with Crippen LogP contribution in [0.15, 0.2) is 41.9 Å². The highest BCUT2D eigenvalue weighted by atomic mass is 32.1. The Labute approximate surface area is 148 Å². The summed E-state index contributed by atoms with van der Waals surface area (Å²) in [5.41, 5.74) is 0.794. The van der Waals surface area contributed by atoms with Crippen LogP contribution in [0.1, 0.15) is 17.0 Å². The van der Waals surface area contributed by atoms with Gasteiger partial charge < -0.3 is 4.74 Å². The van der Waals surface area contributed by atoms with E-state index >= 15 is 0 Å². The number of aromatic nitrogens is 3. The highest BCUT2D eigenvalue weighted by Crippen LogP contribution is 2.27. The number of halogens is 4. The van der Waals surface area contributed by atoms with Crippen molar-refractivity contribution in [1.82, 2.24) is 14.8 Å². The van der Waals surface area contributed by atoms with Gasteiger partial charge in [0.1, 0.15) is 11.4 Å². The van der Waals surface area contributed by atoms with Crippen molar-refractivity contribution in [2.75, 3.05) is 5.32 Å². The summed E-state index contributed by atoms with van der Waals surface area (Å²) in [7, 11) is 0. The van der Waals surface area contributed by atoms with Crippen molar-refractivity contribution < 1.29 is 27.1 Å². The molecule has 0 aliphatic heterocycles. The molecule has 0 spiro atoms. The van der Waals surface area contributed by atoms with E-state index in [4.69, 9.17) is 0 Å². The van der Waals surface area contributed by atoms with Gasteiger partial charge in [-0.3, -0.25) is 10.1 Å². The predicted octanol–water partition coefficient (Wildman–Crippen LogP) is 4.26. The van der Waals surface area contributed by atoms with Gasteiger partial charge in [-0.15, -0.1) is 11.3 Å². The predicted molar refractivity (Wildman–Crippen MR) is 85.6 cm³/mol. The second-order valence-electron chi connectivity index (χ2n) is 4.83. The van der Waals surface area contributed by atoms with Crippen LogP contribution in [0.4, 0.5) is 22.7 Å². The number of ether oxygens (including phenoxy) is 1. The van der Waals surface area contributed by atoms with Crippen LogP contribution >= 0.6 is 11.3 Å². The Bertz CT molecular complexity index is 895. The largest absolute Gasteiger partial charge is 0.435 e. The molecule has 0 atom stereocenters. The molecule has 1 aromatic carbocycles. The number of hydrogen-bond acceptors (Lipinski definition) is 5. The van der Waals surface area contributed by atoms with E-state index in [1.54, 1.807) is 5.38 Å². The summed E-state index contributed by atoms with van der Waals surface area (Å²) in [6, 6.07) is 6.95. The first-order chi connectivity index (χ1) is 12.4. The maximum absolute atomic E-state index is 12.7. The summed E-state index contributed by atoms with van der Waals surface area (Å²) >= 11 is 1.09. The Morgan fingerprint density at radius 2 is 1.88 bits per heavy atom. The minimum atomic E-state index is -2.94. The van der Waals surface area contributed by atoms with Crippen LogP contribution in [0.5, 0.6) is 5.75 Å². The van der Waals surface area contributed by atoms with E-state index in [-0.39, 0.29) is 16.6 Å². The highest BCUT2D eigenvalue weighted by Gasteiger charge is 2.19. The molecule has 2 aromatic heterocycles. The third kappa shape index (κ3) is 3.99. The average molecular weight is 386 g/mol. The first-order valence-electron chi connectivity index (χ1n) is 7.08. The number of anilines is 1. The highest BCUT2D eigenvalue weighted by molar-refractivity contribution is 7.14. The molecule has 0 aliphatic rings. The van der Waals surface area contributed by atoms with Crippen molar-refractivity contribution in [3.05, 3.63) is 47.6 Å². The van der Waals surface area contributed by atoms with Crippen LogP contribution in [0.2, 0.25) is 0 Å². The third-order valence-electron chi connectivity index (χ3n) is 3.19. The van der Waals surface area contributed by atoms with Gasteiger partial charge in [-0.1, -0.05) is 0 Å². The van der Waals surface area contributed by atoms with E-state index in [1.807, 2.05) is 0 Å². The normalized spacial score (nSPS) is 11.2. The summed E-state index contributed by atoms with van der Waals surface area (Å²) in [4.78, 5) is 16.2. The van der Waals surface area contributed by atoms with Gasteiger partial charge in [-0.25, -0.2) is 4.98 Å². The number of carbonyl (C=O) groups excluding carboxylic acids is 1. The lowest BCUT2D eigenvalue weighted by molar-refractivity contribution is -0.0498. The van der Waals surface area contributed by atoms with Crippen LogP contribution in [0.3, 0.4) is 0 Å². The number of nitrogens with zero attached hydrogens (tertiary/aromatic N) is 3. The smallest absolute Gasteiger partial charge is 0.387 e. The van der Waals surface area contributed by atoms with Gasteiger partial charge in [0.25, 0.3) is 5.91 Å². The quantitative estimate of drug-likeness (QED) is 0.643. The molecule has 0 aliphatic carbocycles. The number of nitrogens with one attached hydrogen (secondary N) is 1. The Kier molecular flexibility index (Phi) is 5.16. The average Bonchev–Trinajstić information content (AvgIpc) is 3.24. The molecule has 26 heavy (non-hydrogen) atoms. The SMILES string of the molecule is O=C(Nc1nc(-c2ccc(OC(F)F)cc2)cs1)c1ccnn1C(F)F. The Hall–Kier alpha value is -2.95. The number of hydrogen-bond donors (Lipinski definition) is 1. The lowest BCUT2D eigenvalue weighted by atomic mass is 10.2. The number of carbonyl (C=O) groups is 1. The van der Waals surface area contributed by atoms with Crippen molar-refractivity contribution >= 4 is 22.4 Å². The molecule has 3 aromatic rings. The van der Waals surface area contributed by atoms with E-state index in [1.165, 1.54) is 24.3 Å². The molecule has 0 fully saturated rings. The zero-order valence-corrected chi connectivity index (χ0v) is 13.6. The van der Waals surface area contributed by atoms with E-state index < -0.39 is 19.1 Å². The Morgan fingerprint density at radius 1 is 1.15 bits per heavy atom. The second-order valence-corrected chi connectivity index (χ2v) is 5.69. The molecule has 136 valence electrons. The molecular formula is C15H10F4N4O2S. The van der Waals surface area contributed by atoms with Gasteiger partial charge in [0.05, 0.1) is 5.69 Å². The number of thiazole rings is 1. The minimum Gasteiger partial charge on any atom is -0.435 e. The van der Waals surface area contributed by atoms with Gasteiger partial charge >= 0.3 is 13.2 Å². The standard InChI is InChI=1S/C15H10F4N4O2S/c16-13(17)23-11(5-6-20-23)12(24)22-15-21-10(7-26-15)8-1-3-9(4-2-8)25-14(18)19/h1-7,13-14H,(H,21,22,24). The molecule has 0 saturated carbocycles. The maximum Gasteiger partial charge on any atom is 0.387 e. The first kappa shape index (κ1) is 17.9. The first-order valence-corrected chi connectivity index (χ1v) is 7.96. The van der Waals surface area contributed by atoms with Crippen LogP contribution in [-0.4, -0.2) is 27.3 Å². The molecule has 0 radical (unpaired) electrons. The molecular weight excluding hydrogens is 376 g/mol. The fraction of sp³-hybridized carbons (Fsp3) is 0.133. The lowest BCUT2D eigenvalue weighted by Gasteiger charge is -2.05. The molecule has 0 saturated heterocycles. The Balaban J connectivity index is 1.71. The van der Waals surface area contributed by atoms with Crippen molar-refractivity contribution in [1.29, 1.82) is 0 Å². The van der Waals surface area contributed by atoms with Crippen molar-refractivity contribution in [3.63, 3.8) is 0 Å². The zero-order valence-electron chi connectivity index (χ0n) is 12.8. The van der Waals surface area contributed by atoms with Crippen LogP contribution in [-0.2, 0) is 0 Å². The summed E-state index contributed by atoms with van der Waals surface area (Å²) < 4.78 is 54.3. The van der Waals surface area contributed by atoms with E-state index in [2.05, 4.69) is 20.1 Å². The third-order valence-corrected chi connectivity index (χ3v) is 3.95. The van der Waals surface area contributed by atoms with E-state index in [9.17, 15) is 22.4 Å². The molecule has 1 amide bonds. The number of benzene rings is 1. The minimum absolute atomic E-state index is 0.00719. The fourth-order valence-electron chi connectivity index (χ4n) is 2.08. The molecule has 11 heteroatoms. The Morgan fingerprint density at radius 3 is 2.54 bits per heavy atom. The monoisotopic (exact) mass is 386 g/mol. The van der Waals surface area contributed by atoms with Crippen molar-refractivity contribution in [3.8, 4) is 17.0 Å². The molecule has 6 nitrogen and oxygen atoms in total. The maximum atomic E-state index is 12.7. The summed E-state index contributed by atoms with van der Waals surface area (Å²) in [5, 5.41) is 7.62. The summed E-state index contributed by atoms with van der Waals surface area (Å²) in [6.07, 6.45) is 1.09. The van der Waals surface area contributed by atoms with Gasteiger partial charge in [0, 0.05) is 17.1 Å². The van der Waals surface area contributed by atoms with Crippen LogP contribution in [0, 0.1) is 0 Å². The summed E-state index contributed by atoms with van der Waals surface area (Å²) in [6.45, 7) is -5.85. The molecule has 3 rings (SSSR count). The van der Waals surface area contributed by atoms with Gasteiger partial charge in [-0.05, 0) is 30.3 Å². The molecule has 2 heterocycles. The van der Waals surface area contributed by atoms with Crippen LogP contribution in [0.25, 0.3) is 11.3 Å². The number of amides is 1. The lowest BCUT2D eigenvalue weighted by Crippen LogP contribution is -2.18. The zero-order chi connectivity index (χ0) is 18.7. The van der Waals surface area contributed by atoms with Gasteiger partial charge in [-0.2, -0.15) is 27.3 Å². The fourth-order valence-corrected chi connectivity index (χ4v) is 2.80. The van der Waals surface area contributed by atoms with Crippen LogP contribution < -0.4 is 10.1 Å². The number of rotatable bonds is 6. The van der Waals surface area contributed by atoms with E-state index in [0.717, 1.165) is 23.6 Å². The molecule has 1 N–H and O–H groups in total. The van der Waals surface area contributed by atoms with Gasteiger partial charge in [0.2, 0.25) is 0 Å². The van der Waals surface area contributed by atoms with Gasteiger partial charge in [0.15, 0.2) is 5.13 Å². The molecule has 0 unspecified atom stereocenters. The van der Waals surface area contributed by atoms with Crippen molar-refractivity contribution in [2.45, 2.75) is 13.2 Å². The second kappa shape index (κ2) is 7.52. The van der Waals surface area contributed by atoms with Crippen molar-refractivity contribution in [2.24, 2.45) is 0 Å². The molecule has 0 bridgehead atoms.